The van der Waals surface area contributed by atoms with Crippen LogP contribution >= 0.6 is 0 Å². The number of nitro benzene ring substituents is 1. The van der Waals surface area contributed by atoms with Gasteiger partial charge in [-0.25, -0.2) is 0 Å². The Morgan fingerprint density at radius 2 is 1.88 bits per heavy atom. The quantitative estimate of drug-likeness (QED) is 0.676. The van der Waals surface area contributed by atoms with Crippen LogP contribution in [0.2, 0.25) is 0 Å². The summed E-state index contributed by atoms with van der Waals surface area (Å²) in [5.74, 6) is -0.468. The van der Waals surface area contributed by atoms with Crippen LogP contribution in [0.1, 0.15) is 27.9 Å². The first kappa shape index (κ1) is 17.6. The van der Waals surface area contributed by atoms with Gasteiger partial charge < -0.3 is 10.2 Å². The first-order chi connectivity index (χ1) is 12.4. The molecule has 0 saturated carbocycles. The van der Waals surface area contributed by atoms with Crippen molar-refractivity contribution in [3.63, 3.8) is 0 Å². The van der Waals surface area contributed by atoms with Crippen LogP contribution in [-0.4, -0.2) is 29.3 Å². The van der Waals surface area contributed by atoms with Gasteiger partial charge in [0, 0.05) is 35.8 Å². The van der Waals surface area contributed by atoms with Crippen LogP contribution in [0, 0.1) is 24.0 Å². The molecule has 0 aromatic heterocycles. The van der Waals surface area contributed by atoms with E-state index in [0.29, 0.717) is 12.1 Å². The summed E-state index contributed by atoms with van der Waals surface area (Å²) in [7, 11) is 0. The van der Waals surface area contributed by atoms with Crippen LogP contribution < -0.4 is 10.2 Å². The fourth-order valence-electron chi connectivity index (χ4n) is 3.11. The highest BCUT2D eigenvalue weighted by atomic mass is 16.6. The van der Waals surface area contributed by atoms with E-state index in [-0.39, 0.29) is 29.6 Å². The number of carbonyl (C=O) groups excluding carboxylic acids is 2. The van der Waals surface area contributed by atoms with E-state index in [1.807, 2.05) is 31.2 Å². The van der Waals surface area contributed by atoms with Gasteiger partial charge in [-0.15, -0.1) is 0 Å². The minimum atomic E-state index is -0.510. The van der Waals surface area contributed by atoms with Crippen LogP contribution in [0.5, 0.6) is 0 Å². The molecular formula is C19H19N3O4. The lowest BCUT2D eigenvalue weighted by Crippen LogP contribution is -2.37. The van der Waals surface area contributed by atoms with Gasteiger partial charge in [0.1, 0.15) is 0 Å². The third-order valence-corrected chi connectivity index (χ3v) is 4.55. The Balaban J connectivity index is 1.73. The number of nitro groups is 1. The number of aryl methyl sites for hydroxylation is 1. The van der Waals surface area contributed by atoms with E-state index in [2.05, 4.69) is 5.32 Å². The second kappa shape index (κ2) is 6.95. The van der Waals surface area contributed by atoms with Crippen LogP contribution in [0.4, 0.5) is 11.4 Å². The normalized spacial score (nSPS) is 16.6. The Hall–Kier alpha value is -3.22. The fourth-order valence-corrected chi connectivity index (χ4v) is 3.11. The zero-order valence-electron chi connectivity index (χ0n) is 14.6. The summed E-state index contributed by atoms with van der Waals surface area (Å²) in [4.78, 5) is 37.0. The molecule has 0 spiro atoms. The predicted octanol–water partition coefficient (Wildman–Crippen LogP) is 2.75. The molecule has 1 saturated heterocycles. The summed E-state index contributed by atoms with van der Waals surface area (Å²) < 4.78 is 0. The SMILES string of the molecule is Cc1ccc(N2C[C@H](NC(=O)c3cccc([N+](=O)[O-])c3C)CC2=O)cc1. The van der Waals surface area contributed by atoms with E-state index in [9.17, 15) is 19.7 Å². The van der Waals surface area contributed by atoms with Crippen molar-refractivity contribution < 1.29 is 14.5 Å². The van der Waals surface area contributed by atoms with Gasteiger partial charge in [0.25, 0.3) is 11.6 Å². The minimum Gasteiger partial charge on any atom is -0.347 e. The first-order valence-electron chi connectivity index (χ1n) is 8.28. The first-order valence-corrected chi connectivity index (χ1v) is 8.28. The van der Waals surface area contributed by atoms with Crippen LogP contribution in [-0.2, 0) is 4.79 Å². The molecule has 7 nitrogen and oxygen atoms in total. The third-order valence-electron chi connectivity index (χ3n) is 4.55. The highest BCUT2D eigenvalue weighted by Crippen LogP contribution is 2.24. The molecule has 1 aliphatic heterocycles. The van der Waals surface area contributed by atoms with Crippen LogP contribution in [0.15, 0.2) is 42.5 Å². The molecule has 1 aliphatic rings. The topological polar surface area (TPSA) is 92.6 Å². The maximum Gasteiger partial charge on any atom is 0.273 e. The Bertz CT molecular complexity index is 877. The number of carbonyl (C=O) groups is 2. The second-order valence-corrected chi connectivity index (χ2v) is 6.42. The van der Waals surface area contributed by atoms with E-state index >= 15 is 0 Å². The molecule has 26 heavy (non-hydrogen) atoms. The molecule has 3 rings (SSSR count). The summed E-state index contributed by atoms with van der Waals surface area (Å²) >= 11 is 0. The largest absolute Gasteiger partial charge is 0.347 e. The number of amides is 2. The van der Waals surface area contributed by atoms with Gasteiger partial charge in [0.05, 0.1) is 11.0 Å². The number of hydrogen-bond donors (Lipinski definition) is 1. The van der Waals surface area contributed by atoms with E-state index in [0.717, 1.165) is 11.3 Å². The highest BCUT2D eigenvalue weighted by molar-refractivity contribution is 6.00. The number of nitrogens with one attached hydrogen (secondary N) is 1. The average Bonchev–Trinajstić information content (AvgIpc) is 2.95. The number of benzene rings is 2. The van der Waals surface area contributed by atoms with Gasteiger partial charge in [-0.05, 0) is 32.0 Å². The predicted molar refractivity (Wildman–Crippen MR) is 97.2 cm³/mol. The van der Waals surface area contributed by atoms with Gasteiger partial charge in [-0.1, -0.05) is 23.8 Å². The summed E-state index contributed by atoms with van der Waals surface area (Å²) in [6.45, 7) is 3.90. The van der Waals surface area contributed by atoms with Gasteiger partial charge >= 0.3 is 0 Å². The number of nitrogens with zero attached hydrogens (tertiary/aromatic N) is 2. The standard InChI is InChI=1S/C19H19N3O4/c1-12-6-8-15(9-7-12)21-11-14(10-18(21)23)20-19(24)16-4-3-5-17(13(16)2)22(25)26/h3-9,14H,10-11H2,1-2H3,(H,20,24)/t14-/m1/s1. The number of rotatable bonds is 4. The Kier molecular flexibility index (Phi) is 4.71. The summed E-state index contributed by atoms with van der Waals surface area (Å²) in [6, 6.07) is 11.7. The molecule has 0 radical (unpaired) electrons. The molecule has 2 amide bonds. The van der Waals surface area contributed by atoms with Gasteiger partial charge in [-0.3, -0.25) is 19.7 Å². The lowest BCUT2D eigenvalue weighted by Gasteiger charge is -2.17. The molecule has 0 bridgehead atoms. The molecule has 7 heteroatoms. The average molecular weight is 353 g/mol. The smallest absolute Gasteiger partial charge is 0.273 e. The number of anilines is 1. The minimum absolute atomic E-state index is 0.0603. The molecule has 1 fully saturated rings. The third kappa shape index (κ3) is 3.42. The van der Waals surface area contributed by atoms with Crippen molar-refractivity contribution in [2.24, 2.45) is 0 Å². The van der Waals surface area contributed by atoms with Crippen molar-refractivity contribution in [3.05, 3.63) is 69.3 Å². The van der Waals surface area contributed by atoms with Gasteiger partial charge in [-0.2, -0.15) is 0 Å². The molecule has 0 aliphatic carbocycles. The molecule has 0 unspecified atom stereocenters. The Morgan fingerprint density at radius 3 is 2.54 bits per heavy atom. The van der Waals surface area contributed by atoms with Crippen molar-refractivity contribution in [1.82, 2.24) is 5.32 Å². The molecule has 2 aromatic carbocycles. The maximum atomic E-state index is 12.5. The maximum absolute atomic E-state index is 12.5. The lowest BCUT2D eigenvalue weighted by molar-refractivity contribution is -0.385. The van der Waals surface area contributed by atoms with E-state index < -0.39 is 10.8 Å². The monoisotopic (exact) mass is 353 g/mol. The van der Waals surface area contributed by atoms with Crippen LogP contribution in [0.3, 0.4) is 0 Å². The zero-order chi connectivity index (χ0) is 18.8. The molecular weight excluding hydrogens is 334 g/mol. The molecule has 134 valence electrons. The Labute approximate surface area is 150 Å². The summed E-state index contributed by atoms with van der Waals surface area (Å²) in [5.41, 5.74) is 2.37. The van der Waals surface area contributed by atoms with E-state index in [4.69, 9.17) is 0 Å². The second-order valence-electron chi connectivity index (χ2n) is 6.42. The molecule has 1 atom stereocenters. The van der Waals surface area contributed by atoms with Crippen molar-refractivity contribution >= 4 is 23.2 Å². The molecule has 1 heterocycles. The van der Waals surface area contributed by atoms with Gasteiger partial charge in [0.2, 0.25) is 5.91 Å². The molecule has 2 aromatic rings. The van der Waals surface area contributed by atoms with Crippen molar-refractivity contribution in [2.45, 2.75) is 26.3 Å². The van der Waals surface area contributed by atoms with Crippen molar-refractivity contribution in [1.29, 1.82) is 0 Å². The Morgan fingerprint density at radius 1 is 1.19 bits per heavy atom. The van der Waals surface area contributed by atoms with Crippen molar-refractivity contribution in [2.75, 3.05) is 11.4 Å². The summed E-state index contributed by atoms with van der Waals surface area (Å²) in [6.07, 6.45) is 0.202. The lowest BCUT2D eigenvalue weighted by atomic mass is 10.1. The fraction of sp³-hybridized carbons (Fsp3) is 0.263. The summed E-state index contributed by atoms with van der Waals surface area (Å²) in [5, 5.41) is 13.9. The number of hydrogen-bond acceptors (Lipinski definition) is 4. The van der Waals surface area contributed by atoms with Gasteiger partial charge in [0.15, 0.2) is 0 Å². The van der Waals surface area contributed by atoms with E-state index in [1.165, 1.54) is 12.1 Å². The zero-order valence-corrected chi connectivity index (χ0v) is 14.6. The van der Waals surface area contributed by atoms with Crippen LogP contribution in [0.25, 0.3) is 0 Å². The molecule has 1 N–H and O–H groups in total. The van der Waals surface area contributed by atoms with E-state index in [1.54, 1.807) is 17.9 Å². The highest BCUT2D eigenvalue weighted by Gasteiger charge is 2.32. The van der Waals surface area contributed by atoms with Crippen molar-refractivity contribution in [3.8, 4) is 0 Å².